The van der Waals surface area contributed by atoms with Crippen LogP contribution in [-0.2, 0) is 0 Å². The van der Waals surface area contributed by atoms with Crippen molar-refractivity contribution < 1.29 is 4.74 Å². The molecule has 124 valence electrons. The lowest BCUT2D eigenvalue weighted by Gasteiger charge is -2.13. The zero-order valence-corrected chi connectivity index (χ0v) is 14.3. The molecular formula is C19H17N5O. The van der Waals surface area contributed by atoms with E-state index in [1.807, 2.05) is 50.4 Å². The molecule has 0 bridgehead atoms. The van der Waals surface area contributed by atoms with Gasteiger partial charge in [0.2, 0.25) is 5.88 Å². The van der Waals surface area contributed by atoms with Gasteiger partial charge in [-0.25, -0.2) is 14.5 Å². The molecule has 0 aliphatic heterocycles. The fourth-order valence-corrected chi connectivity index (χ4v) is 3.00. The second kappa shape index (κ2) is 5.98. The van der Waals surface area contributed by atoms with Gasteiger partial charge in [0.05, 0.1) is 0 Å². The number of aromatic nitrogens is 5. The molecule has 3 aromatic heterocycles. The SMILES string of the molecule is Cc1cc(Oc2ncnn3cccc23)ccc1-c1c(C)ncnc1C. The molecule has 4 aromatic rings. The van der Waals surface area contributed by atoms with Crippen molar-refractivity contribution in [3.05, 3.63) is 66.1 Å². The van der Waals surface area contributed by atoms with Crippen LogP contribution >= 0.6 is 0 Å². The summed E-state index contributed by atoms with van der Waals surface area (Å²) in [7, 11) is 0. The summed E-state index contributed by atoms with van der Waals surface area (Å²) in [6.07, 6.45) is 4.94. The number of hydrogen-bond acceptors (Lipinski definition) is 5. The summed E-state index contributed by atoms with van der Waals surface area (Å²) >= 11 is 0. The van der Waals surface area contributed by atoms with Crippen molar-refractivity contribution in [3.63, 3.8) is 0 Å². The number of benzene rings is 1. The Hall–Kier alpha value is -3.28. The fraction of sp³-hybridized carbons (Fsp3) is 0.158. The summed E-state index contributed by atoms with van der Waals surface area (Å²) in [4.78, 5) is 12.9. The molecule has 0 spiro atoms. The topological polar surface area (TPSA) is 65.2 Å². The molecule has 6 nitrogen and oxygen atoms in total. The standard InChI is InChI=1S/C19H17N5O/c1-12-9-15(25-19-17-5-4-8-24(17)23-11-22-19)6-7-16(12)18-13(2)20-10-21-14(18)3/h4-11H,1-3H3. The molecule has 0 atom stereocenters. The number of ether oxygens (including phenoxy) is 1. The predicted molar refractivity (Wildman–Crippen MR) is 94.7 cm³/mol. The second-order valence-electron chi connectivity index (χ2n) is 5.90. The Kier molecular flexibility index (Phi) is 3.65. The quantitative estimate of drug-likeness (QED) is 0.569. The maximum absolute atomic E-state index is 5.98. The minimum absolute atomic E-state index is 0.530. The molecular weight excluding hydrogens is 314 g/mol. The first kappa shape index (κ1) is 15.3. The van der Waals surface area contributed by atoms with Gasteiger partial charge in [-0.3, -0.25) is 0 Å². The minimum atomic E-state index is 0.530. The number of fused-ring (bicyclic) bond motifs is 1. The Morgan fingerprint density at radius 1 is 0.920 bits per heavy atom. The summed E-state index contributed by atoms with van der Waals surface area (Å²) in [6.45, 7) is 6.05. The van der Waals surface area contributed by atoms with Crippen molar-refractivity contribution >= 4 is 5.52 Å². The lowest BCUT2D eigenvalue weighted by molar-refractivity contribution is 0.463. The molecule has 0 saturated carbocycles. The summed E-state index contributed by atoms with van der Waals surface area (Å²) in [6, 6.07) is 9.81. The smallest absolute Gasteiger partial charge is 0.247 e. The minimum Gasteiger partial charge on any atom is -0.437 e. The van der Waals surface area contributed by atoms with Crippen LogP contribution in [0.3, 0.4) is 0 Å². The fourth-order valence-electron chi connectivity index (χ4n) is 3.00. The maximum Gasteiger partial charge on any atom is 0.247 e. The average Bonchev–Trinajstić information content (AvgIpc) is 3.06. The lowest BCUT2D eigenvalue weighted by atomic mass is 9.98. The van der Waals surface area contributed by atoms with Crippen LogP contribution in [0.25, 0.3) is 16.6 Å². The van der Waals surface area contributed by atoms with Crippen LogP contribution in [0.5, 0.6) is 11.6 Å². The van der Waals surface area contributed by atoms with Gasteiger partial charge >= 0.3 is 0 Å². The van der Waals surface area contributed by atoms with Crippen LogP contribution in [0.4, 0.5) is 0 Å². The lowest BCUT2D eigenvalue weighted by Crippen LogP contribution is -1.98. The zero-order valence-electron chi connectivity index (χ0n) is 14.3. The monoisotopic (exact) mass is 331 g/mol. The molecule has 0 unspecified atom stereocenters. The highest BCUT2D eigenvalue weighted by Gasteiger charge is 2.12. The van der Waals surface area contributed by atoms with Gasteiger partial charge < -0.3 is 4.74 Å². The van der Waals surface area contributed by atoms with E-state index in [9.17, 15) is 0 Å². The Morgan fingerprint density at radius 3 is 2.48 bits per heavy atom. The number of aryl methyl sites for hydroxylation is 3. The number of nitrogens with zero attached hydrogens (tertiary/aromatic N) is 5. The Bertz CT molecular complexity index is 1050. The van der Waals surface area contributed by atoms with Crippen LogP contribution in [0.15, 0.2) is 49.2 Å². The highest BCUT2D eigenvalue weighted by atomic mass is 16.5. The van der Waals surface area contributed by atoms with Gasteiger partial charge in [-0.1, -0.05) is 6.07 Å². The van der Waals surface area contributed by atoms with Gasteiger partial charge in [0.25, 0.3) is 0 Å². The van der Waals surface area contributed by atoms with Crippen molar-refractivity contribution in [2.24, 2.45) is 0 Å². The highest BCUT2D eigenvalue weighted by Crippen LogP contribution is 2.32. The Labute approximate surface area is 145 Å². The van der Waals surface area contributed by atoms with E-state index in [1.54, 1.807) is 10.8 Å². The highest BCUT2D eigenvalue weighted by molar-refractivity contribution is 5.72. The molecule has 0 aliphatic carbocycles. The average molecular weight is 331 g/mol. The third kappa shape index (κ3) is 2.71. The molecule has 0 saturated heterocycles. The molecule has 1 aromatic carbocycles. The van der Waals surface area contributed by atoms with E-state index >= 15 is 0 Å². The van der Waals surface area contributed by atoms with Crippen molar-refractivity contribution in [1.29, 1.82) is 0 Å². The summed E-state index contributed by atoms with van der Waals surface area (Å²) in [5.74, 6) is 1.26. The van der Waals surface area contributed by atoms with Gasteiger partial charge in [-0.2, -0.15) is 10.1 Å². The van der Waals surface area contributed by atoms with Crippen LogP contribution in [-0.4, -0.2) is 24.6 Å². The molecule has 0 amide bonds. The van der Waals surface area contributed by atoms with E-state index in [0.717, 1.165) is 39.3 Å². The first-order valence-corrected chi connectivity index (χ1v) is 7.99. The number of rotatable bonds is 3. The molecule has 3 heterocycles. The number of hydrogen-bond donors (Lipinski definition) is 0. The second-order valence-corrected chi connectivity index (χ2v) is 5.90. The zero-order chi connectivity index (χ0) is 17.4. The van der Waals surface area contributed by atoms with Crippen LogP contribution in [0, 0.1) is 20.8 Å². The van der Waals surface area contributed by atoms with Gasteiger partial charge in [-0.15, -0.1) is 0 Å². The molecule has 6 heteroatoms. The van der Waals surface area contributed by atoms with Gasteiger partial charge in [0, 0.05) is 23.1 Å². The summed E-state index contributed by atoms with van der Waals surface area (Å²) < 4.78 is 7.71. The van der Waals surface area contributed by atoms with E-state index in [2.05, 4.69) is 27.0 Å². The largest absolute Gasteiger partial charge is 0.437 e. The normalized spacial score (nSPS) is 11.0. The summed E-state index contributed by atoms with van der Waals surface area (Å²) in [5, 5.41) is 4.15. The Morgan fingerprint density at radius 2 is 1.72 bits per heavy atom. The van der Waals surface area contributed by atoms with E-state index in [4.69, 9.17) is 4.74 Å². The summed E-state index contributed by atoms with van der Waals surface area (Å²) in [5.41, 5.74) is 6.04. The molecule has 0 fully saturated rings. The van der Waals surface area contributed by atoms with Crippen molar-refractivity contribution in [2.45, 2.75) is 20.8 Å². The third-order valence-electron chi connectivity index (χ3n) is 4.21. The van der Waals surface area contributed by atoms with Crippen molar-refractivity contribution in [3.8, 4) is 22.8 Å². The van der Waals surface area contributed by atoms with Crippen LogP contribution in [0.1, 0.15) is 17.0 Å². The molecule has 25 heavy (non-hydrogen) atoms. The van der Waals surface area contributed by atoms with E-state index in [1.165, 1.54) is 6.33 Å². The van der Waals surface area contributed by atoms with E-state index in [0.29, 0.717) is 5.88 Å². The van der Waals surface area contributed by atoms with Crippen molar-refractivity contribution in [2.75, 3.05) is 0 Å². The maximum atomic E-state index is 5.98. The first-order valence-electron chi connectivity index (χ1n) is 7.99. The Balaban J connectivity index is 1.72. The van der Waals surface area contributed by atoms with Crippen LogP contribution < -0.4 is 4.74 Å². The molecule has 0 radical (unpaired) electrons. The van der Waals surface area contributed by atoms with Crippen molar-refractivity contribution in [1.82, 2.24) is 24.6 Å². The van der Waals surface area contributed by atoms with Gasteiger partial charge in [0.1, 0.15) is 23.9 Å². The molecule has 0 N–H and O–H groups in total. The first-order chi connectivity index (χ1) is 12.1. The van der Waals surface area contributed by atoms with Crippen LogP contribution in [0.2, 0.25) is 0 Å². The third-order valence-corrected chi connectivity index (χ3v) is 4.21. The van der Waals surface area contributed by atoms with Gasteiger partial charge in [-0.05, 0) is 56.2 Å². The molecule has 4 rings (SSSR count). The van der Waals surface area contributed by atoms with E-state index in [-0.39, 0.29) is 0 Å². The van der Waals surface area contributed by atoms with E-state index < -0.39 is 0 Å². The van der Waals surface area contributed by atoms with Gasteiger partial charge in [0.15, 0.2) is 0 Å². The predicted octanol–water partition coefficient (Wildman–Crippen LogP) is 3.90. The molecule has 0 aliphatic rings.